The number of ether oxygens (including phenoxy) is 1. The molecule has 2 heterocycles. The van der Waals surface area contributed by atoms with Gasteiger partial charge in [0.1, 0.15) is 22.9 Å². The van der Waals surface area contributed by atoms with Gasteiger partial charge in [0.15, 0.2) is 0 Å². The van der Waals surface area contributed by atoms with Gasteiger partial charge < -0.3 is 15.2 Å². The largest absolute Gasteiger partial charge is 0.508 e. The molecule has 3 fully saturated rings. The minimum atomic E-state index is -1.03. The number of hydrogen-bond acceptors (Lipinski definition) is 5. The average molecular weight is 496 g/mol. The van der Waals surface area contributed by atoms with Crippen LogP contribution in [0.25, 0.3) is 0 Å². The molecule has 0 unspecified atom stereocenters. The number of nitrogens with one attached hydrogen (secondary N) is 1. The Morgan fingerprint density at radius 2 is 1.75 bits per heavy atom. The highest BCUT2D eigenvalue weighted by atomic mass is 19.1. The normalized spacial score (nSPS) is 23.9. The Morgan fingerprint density at radius 1 is 1.06 bits per heavy atom. The Kier molecular flexibility index (Phi) is 6.88. The topological polar surface area (TPSA) is 82.1 Å². The smallest absolute Gasteiger partial charge is 0.325 e. The van der Waals surface area contributed by atoms with Crippen LogP contribution in [0.3, 0.4) is 0 Å². The molecule has 7 nitrogen and oxygen atoms in total. The lowest BCUT2D eigenvalue weighted by Gasteiger charge is -2.41. The highest BCUT2D eigenvalue weighted by Gasteiger charge is 2.57. The maximum Gasteiger partial charge on any atom is 0.325 e. The molecule has 2 aromatic carbocycles. The fraction of sp³-hybridized carbons (Fsp3) is 0.500. The maximum atomic E-state index is 14.0. The molecular weight excluding hydrogens is 461 g/mol. The molecule has 36 heavy (non-hydrogen) atoms. The lowest BCUT2D eigenvalue weighted by molar-refractivity contribution is -0.135. The Labute approximate surface area is 211 Å². The second-order valence-corrected chi connectivity index (χ2v) is 10.4. The quantitative estimate of drug-likeness (QED) is 0.562. The summed E-state index contributed by atoms with van der Waals surface area (Å²) in [5.41, 5.74) is 0.607. The van der Waals surface area contributed by atoms with Gasteiger partial charge in [-0.25, -0.2) is 9.18 Å². The van der Waals surface area contributed by atoms with Gasteiger partial charge >= 0.3 is 6.03 Å². The molecule has 2 aliphatic heterocycles. The zero-order chi connectivity index (χ0) is 25.3. The van der Waals surface area contributed by atoms with E-state index in [4.69, 9.17) is 4.74 Å². The molecule has 0 aromatic heterocycles. The molecular formula is C28H34FN3O4. The van der Waals surface area contributed by atoms with Crippen molar-refractivity contribution in [3.8, 4) is 11.5 Å². The van der Waals surface area contributed by atoms with Crippen molar-refractivity contribution in [1.29, 1.82) is 0 Å². The molecule has 1 saturated carbocycles. The van der Waals surface area contributed by atoms with E-state index in [-0.39, 0.29) is 35.5 Å². The van der Waals surface area contributed by atoms with Gasteiger partial charge in [-0.1, -0.05) is 25.0 Å². The molecule has 0 spiro atoms. The molecule has 0 radical (unpaired) electrons. The molecule has 1 aliphatic carbocycles. The summed E-state index contributed by atoms with van der Waals surface area (Å²) >= 11 is 0. The van der Waals surface area contributed by atoms with Gasteiger partial charge in [-0.3, -0.25) is 14.6 Å². The number of phenols is 1. The first kappa shape index (κ1) is 24.6. The van der Waals surface area contributed by atoms with Crippen molar-refractivity contribution in [3.63, 3.8) is 0 Å². The lowest BCUT2D eigenvalue weighted by Crippen LogP contribution is -2.57. The van der Waals surface area contributed by atoms with Crippen LogP contribution in [0.2, 0.25) is 0 Å². The summed E-state index contributed by atoms with van der Waals surface area (Å²) in [7, 11) is 1.60. The van der Waals surface area contributed by atoms with Crippen molar-refractivity contribution in [2.75, 3.05) is 20.2 Å². The number of hydrogen-bond donors (Lipinski definition) is 2. The standard InChI is InChI=1S/C28H34FN3O4/c1-36-24-10-11-25(33)20(16-24)18-31-14-12-21(13-15-31)28(17-19-6-8-22(29)9-7-19)26(34)32(27(35)30-28)23-4-2-3-5-23/h6-11,16,21,23,33H,2-5,12-15,17-18H2,1H3,(H,30,35)/t28-/m1/s1. The number of urea groups is 1. The van der Waals surface area contributed by atoms with Crippen molar-refractivity contribution in [1.82, 2.24) is 15.1 Å². The minimum absolute atomic E-state index is 0.0382. The average Bonchev–Trinajstić information content (AvgIpc) is 3.49. The first-order valence-electron chi connectivity index (χ1n) is 12.9. The molecule has 192 valence electrons. The molecule has 3 amide bonds. The number of nitrogens with zero attached hydrogens (tertiary/aromatic N) is 2. The van der Waals surface area contributed by atoms with E-state index >= 15 is 0 Å². The highest BCUT2D eigenvalue weighted by molar-refractivity contribution is 6.07. The molecule has 2 N–H and O–H groups in total. The number of benzene rings is 2. The number of halogens is 1. The number of carbonyl (C=O) groups is 2. The molecule has 2 aromatic rings. The minimum Gasteiger partial charge on any atom is -0.508 e. The third-order valence-corrected chi connectivity index (χ3v) is 8.20. The van der Waals surface area contributed by atoms with Gasteiger partial charge in [0.25, 0.3) is 5.91 Å². The van der Waals surface area contributed by atoms with Gasteiger partial charge in [0.05, 0.1) is 7.11 Å². The first-order valence-corrected chi connectivity index (χ1v) is 12.9. The van der Waals surface area contributed by atoms with Gasteiger partial charge in [-0.2, -0.15) is 0 Å². The summed E-state index contributed by atoms with van der Waals surface area (Å²) in [5, 5.41) is 13.4. The number of phenolic OH excluding ortho intramolecular Hbond substituents is 1. The van der Waals surface area contributed by atoms with Crippen LogP contribution in [0.1, 0.15) is 49.7 Å². The van der Waals surface area contributed by atoms with Crippen LogP contribution in [0.15, 0.2) is 42.5 Å². The zero-order valence-electron chi connectivity index (χ0n) is 20.7. The molecule has 5 rings (SSSR count). The van der Waals surface area contributed by atoms with Gasteiger partial charge in [-0.15, -0.1) is 0 Å². The zero-order valence-corrected chi connectivity index (χ0v) is 20.7. The van der Waals surface area contributed by atoms with E-state index in [1.54, 1.807) is 31.4 Å². The van der Waals surface area contributed by atoms with Crippen LogP contribution < -0.4 is 10.1 Å². The number of rotatable bonds is 7. The Balaban J connectivity index is 1.36. The van der Waals surface area contributed by atoms with E-state index in [1.807, 2.05) is 6.07 Å². The monoisotopic (exact) mass is 495 g/mol. The van der Waals surface area contributed by atoms with Crippen LogP contribution in [0.4, 0.5) is 9.18 Å². The predicted molar refractivity (Wildman–Crippen MR) is 133 cm³/mol. The highest BCUT2D eigenvalue weighted by Crippen LogP contribution is 2.39. The van der Waals surface area contributed by atoms with Gasteiger partial charge in [0, 0.05) is 24.6 Å². The Hall–Kier alpha value is -3.13. The van der Waals surface area contributed by atoms with Crippen LogP contribution >= 0.6 is 0 Å². The number of piperidine rings is 1. The summed E-state index contributed by atoms with van der Waals surface area (Å²) in [5.74, 6) is 0.433. The summed E-state index contributed by atoms with van der Waals surface area (Å²) in [6.07, 6.45) is 5.59. The lowest BCUT2D eigenvalue weighted by atomic mass is 9.73. The van der Waals surface area contributed by atoms with E-state index in [2.05, 4.69) is 10.2 Å². The summed E-state index contributed by atoms with van der Waals surface area (Å²) < 4.78 is 18.9. The van der Waals surface area contributed by atoms with E-state index < -0.39 is 5.54 Å². The van der Waals surface area contributed by atoms with E-state index in [0.717, 1.165) is 62.7 Å². The van der Waals surface area contributed by atoms with Gasteiger partial charge in [0.2, 0.25) is 0 Å². The SMILES string of the molecule is COc1ccc(O)c(CN2CCC([C@@]3(Cc4ccc(F)cc4)NC(=O)N(C4CCCC4)C3=O)CC2)c1. The molecule has 0 bridgehead atoms. The number of methoxy groups -OCH3 is 1. The fourth-order valence-electron chi connectivity index (χ4n) is 6.21. The van der Waals surface area contributed by atoms with Crippen LogP contribution in [0, 0.1) is 11.7 Å². The van der Waals surface area contributed by atoms with E-state index in [9.17, 15) is 19.1 Å². The third-order valence-electron chi connectivity index (χ3n) is 8.20. The Morgan fingerprint density at radius 3 is 2.42 bits per heavy atom. The summed E-state index contributed by atoms with van der Waals surface area (Å²) in [6, 6.07) is 11.1. The number of imide groups is 1. The molecule has 8 heteroatoms. The number of likely N-dealkylation sites (tertiary alicyclic amines) is 1. The van der Waals surface area contributed by atoms with Crippen molar-refractivity contribution >= 4 is 11.9 Å². The number of amides is 3. The first-order chi connectivity index (χ1) is 17.4. The maximum absolute atomic E-state index is 14.0. The molecule has 3 aliphatic rings. The van der Waals surface area contributed by atoms with Crippen LogP contribution in [0.5, 0.6) is 11.5 Å². The van der Waals surface area contributed by atoms with E-state index in [1.165, 1.54) is 17.0 Å². The van der Waals surface area contributed by atoms with E-state index in [0.29, 0.717) is 18.7 Å². The van der Waals surface area contributed by atoms with Crippen molar-refractivity contribution in [2.45, 2.75) is 63.1 Å². The second kappa shape index (κ2) is 10.1. The molecule has 1 atom stereocenters. The second-order valence-electron chi connectivity index (χ2n) is 10.4. The van der Waals surface area contributed by atoms with Crippen LogP contribution in [-0.2, 0) is 17.8 Å². The number of aromatic hydroxyl groups is 1. The fourth-order valence-corrected chi connectivity index (χ4v) is 6.21. The molecule has 2 saturated heterocycles. The van der Waals surface area contributed by atoms with Crippen LogP contribution in [-0.4, -0.2) is 58.6 Å². The van der Waals surface area contributed by atoms with Crippen molar-refractivity contribution < 1.29 is 23.8 Å². The van der Waals surface area contributed by atoms with Crippen molar-refractivity contribution in [2.24, 2.45) is 5.92 Å². The number of carbonyl (C=O) groups excluding carboxylic acids is 2. The summed E-state index contributed by atoms with van der Waals surface area (Å²) in [4.78, 5) is 30.9. The predicted octanol–water partition coefficient (Wildman–Crippen LogP) is 4.23. The third kappa shape index (κ3) is 4.66. The Bertz CT molecular complexity index is 1110. The summed E-state index contributed by atoms with van der Waals surface area (Å²) in [6.45, 7) is 2.05. The van der Waals surface area contributed by atoms with Crippen molar-refractivity contribution in [3.05, 3.63) is 59.4 Å². The van der Waals surface area contributed by atoms with Gasteiger partial charge in [-0.05, 0) is 80.6 Å².